The Morgan fingerprint density at radius 2 is 1.08 bits per heavy atom. The fraction of sp³-hybridized carbons (Fsp3) is 0. The van der Waals surface area contributed by atoms with Crippen LogP contribution in [0.5, 0.6) is 5.75 Å². The molecule has 0 bridgehead atoms. The largest absolute Gasteiger partial charge is 0.507 e. The molecule has 0 radical (unpaired) electrons. The first-order valence-electron chi connectivity index (χ1n) is 24.3. The van der Waals surface area contributed by atoms with Crippen molar-refractivity contribution in [2.75, 3.05) is 0 Å². The van der Waals surface area contributed by atoms with Gasteiger partial charge in [-0.05, 0) is 107 Å². The van der Waals surface area contributed by atoms with Gasteiger partial charge < -0.3 is 9.52 Å². The third kappa shape index (κ3) is 4.00. The van der Waals surface area contributed by atoms with E-state index in [0.717, 1.165) is 0 Å². The maximum atomic E-state index is 10.9. The van der Waals surface area contributed by atoms with E-state index >= 15 is 0 Å². The third-order valence-electron chi connectivity index (χ3n) is 8.50. The number of rotatable bonds is 3. The van der Waals surface area contributed by atoms with Crippen molar-refractivity contribution in [2.45, 2.75) is 0 Å². The van der Waals surface area contributed by atoms with Crippen molar-refractivity contribution in [3.8, 4) is 39.1 Å². The number of phenolic OH excluding ortho intramolecular Hbond substituents is 1. The van der Waals surface area contributed by atoms with Crippen molar-refractivity contribution < 1.29 is 35.6 Å². The summed E-state index contributed by atoms with van der Waals surface area (Å²) in [6, 6.07) is 2.09. The van der Waals surface area contributed by atoms with Crippen LogP contribution < -0.4 is 0 Å². The second kappa shape index (κ2) is 10.3. The van der Waals surface area contributed by atoms with Gasteiger partial charge in [0, 0.05) is 10.8 Å². The zero-order chi connectivity index (χ0) is 48.3. The van der Waals surface area contributed by atoms with Crippen LogP contribution in [0.4, 0.5) is 0 Å². The molecule has 2 heteroatoms. The lowest BCUT2D eigenvalue weighted by molar-refractivity contribution is 0.481. The molecule has 0 saturated carbocycles. The lowest BCUT2D eigenvalue weighted by atomic mass is 9.85. The van der Waals surface area contributed by atoms with Gasteiger partial charge in [0.25, 0.3) is 0 Å². The predicted octanol–water partition coefficient (Wildman–Crippen LogP) is 12.9. The van der Waals surface area contributed by atoms with Crippen molar-refractivity contribution in [3.05, 3.63) is 163 Å². The summed E-state index contributed by atoms with van der Waals surface area (Å²) in [5, 5.41) is 10.8. The van der Waals surface area contributed by atoms with Gasteiger partial charge in [-0.2, -0.15) is 0 Å². The van der Waals surface area contributed by atoms with Crippen LogP contribution in [0.3, 0.4) is 0 Å². The molecule has 1 heterocycles. The fourth-order valence-corrected chi connectivity index (χ4v) is 6.38. The van der Waals surface area contributed by atoms with E-state index in [2.05, 4.69) is 0 Å². The molecular weight excluding hydrogens is 585 g/mol. The molecule has 0 amide bonds. The second-order valence-electron chi connectivity index (χ2n) is 11.1. The summed E-state index contributed by atoms with van der Waals surface area (Å²) >= 11 is 0. The van der Waals surface area contributed by atoms with E-state index in [1.807, 2.05) is 0 Å². The van der Waals surface area contributed by atoms with E-state index in [9.17, 15) is 10.6 Å². The lowest BCUT2D eigenvalue weighted by Crippen LogP contribution is -1.91. The quantitative estimate of drug-likeness (QED) is 0.197. The molecule has 0 aliphatic rings. The van der Waals surface area contributed by atoms with Crippen LogP contribution in [-0.2, 0) is 0 Å². The van der Waals surface area contributed by atoms with Crippen LogP contribution in [0.1, 0.15) is 26.0 Å². The number of benzene rings is 9. The van der Waals surface area contributed by atoms with Crippen LogP contribution in [0.2, 0.25) is 0 Å². The highest BCUT2D eigenvalue weighted by atomic mass is 16.3. The molecule has 0 aliphatic heterocycles. The summed E-state index contributed by atoms with van der Waals surface area (Å²) in [7, 11) is 0. The van der Waals surface area contributed by atoms with Gasteiger partial charge in [0.2, 0.25) is 0 Å². The molecule has 1 aromatic heterocycles. The average molecular weight is 632 g/mol. The number of phenols is 1. The summed E-state index contributed by atoms with van der Waals surface area (Å²) < 4.78 is 172. The third-order valence-corrected chi connectivity index (χ3v) is 8.50. The molecule has 224 valence electrons. The Morgan fingerprint density at radius 3 is 1.81 bits per heavy atom. The molecule has 10 rings (SSSR count). The van der Waals surface area contributed by atoms with E-state index in [4.69, 9.17) is 25.0 Å². The van der Waals surface area contributed by atoms with E-state index in [1.54, 1.807) is 0 Å². The van der Waals surface area contributed by atoms with Crippen LogP contribution in [0.25, 0.3) is 98.4 Å². The number of hydrogen-bond acceptors (Lipinski definition) is 2. The smallest absolute Gasteiger partial charge is 0.143 e. The summed E-state index contributed by atoms with van der Waals surface area (Å²) in [5.74, 6) is -0.789. The standard InChI is InChI=1S/C46H28O2/c47-41-14-7-15-42-45(41)40-25-23-33-26-32(22-24-35(33)46(40)48-42)29-16-19-30(20-17-29)43-36-10-3-5-12-38(36)44(39-13-6-4-11-37(39)43)34-21-18-28-8-1-2-9-31(28)27-34/h1-27,47H/i1D,2D,3D,4D,5D,6D,7D,8D,9D,14D,15D,16D,17D,18D,22D,23D,24D,25D,26D. The second-order valence-corrected chi connectivity index (χ2v) is 11.1. The van der Waals surface area contributed by atoms with Crippen LogP contribution >= 0.6 is 0 Å². The van der Waals surface area contributed by atoms with E-state index < -0.39 is 95.4 Å². The number of hydrogen-bond donors (Lipinski definition) is 1. The summed E-state index contributed by atoms with van der Waals surface area (Å²) in [5.41, 5.74) is -0.424. The topological polar surface area (TPSA) is 33.4 Å². The zero-order valence-corrected chi connectivity index (χ0v) is 24.5. The summed E-state index contributed by atoms with van der Waals surface area (Å²) in [6.07, 6.45) is 0. The van der Waals surface area contributed by atoms with Crippen molar-refractivity contribution in [1.29, 1.82) is 0 Å². The first-order valence-corrected chi connectivity index (χ1v) is 14.8. The highest BCUT2D eigenvalue weighted by Crippen LogP contribution is 2.45. The molecule has 10 aromatic rings. The Labute approximate surface area is 303 Å². The van der Waals surface area contributed by atoms with Gasteiger partial charge >= 0.3 is 0 Å². The molecule has 9 aromatic carbocycles. The van der Waals surface area contributed by atoms with Crippen molar-refractivity contribution in [1.82, 2.24) is 0 Å². The van der Waals surface area contributed by atoms with Gasteiger partial charge in [0.15, 0.2) is 0 Å². The number of fused-ring (bicyclic) bond motifs is 8. The molecule has 0 atom stereocenters. The molecule has 0 spiro atoms. The van der Waals surface area contributed by atoms with Crippen molar-refractivity contribution >= 4 is 65.0 Å². The minimum absolute atomic E-state index is 0.0254. The van der Waals surface area contributed by atoms with Gasteiger partial charge in [-0.1, -0.05) is 127 Å². The van der Waals surface area contributed by atoms with Gasteiger partial charge in [-0.3, -0.25) is 0 Å². The van der Waals surface area contributed by atoms with Gasteiger partial charge in [-0.25, -0.2) is 0 Å². The molecule has 0 aliphatic carbocycles. The Balaban J connectivity index is 1.26. The Kier molecular flexibility index (Phi) is 3.04. The average Bonchev–Trinajstić information content (AvgIpc) is 3.68. The van der Waals surface area contributed by atoms with Gasteiger partial charge in [0.05, 0.1) is 31.4 Å². The van der Waals surface area contributed by atoms with Crippen LogP contribution in [0.15, 0.2) is 168 Å². The van der Waals surface area contributed by atoms with Crippen molar-refractivity contribution in [3.63, 3.8) is 0 Å². The van der Waals surface area contributed by atoms with E-state index in [1.165, 1.54) is 48.5 Å². The highest BCUT2D eigenvalue weighted by molar-refractivity contribution is 6.22. The SMILES string of the molecule is [2H]c1cc2c(-c3cc([2H])c(-c4c([2H])c([2H])c5c(c4[2H])c([2H])c([2H])c4c5oc5c([2H])c([2H])c([2H])c(O)c54)c([2H])c3)c3cc([2H])c([2H])cc3c(-c3cc([2H])c4c([2H])c([2H])c([2H])c([2H])c4c3)c2cc1[2H]. The molecule has 0 saturated heterocycles. The minimum atomic E-state index is -0.789. The first kappa shape index (κ1) is 14.2. The number of furan rings is 1. The van der Waals surface area contributed by atoms with Gasteiger partial charge in [0.1, 0.15) is 16.9 Å². The maximum Gasteiger partial charge on any atom is 0.143 e. The predicted molar refractivity (Wildman–Crippen MR) is 202 cm³/mol. The van der Waals surface area contributed by atoms with E-state index in [-0.39, 0.29) is 107 Å². The van der Waals surface area contributed by atoms with Crippen LogP contribution in [0, 0.1) is 0 Å². The van der Waals surface area contributed by atoms with Crippen LogP contribution in [-0.4, -0.2) is 5.11 Å². The summed E-state index contributed by atoms with van der Waals surface area (Å²) in [4.78, 5) is 0. The first-order chi connectivity index (χ1) is 31.6. The minimum Gasteiger partial charge on any atom is -0.507 e. The molecule has 2 nitrogen and oxygen atoms in total. The molecule has 0 unspecified atom stereocenters. The lowest BCUT2D eigenvalue weighted by Gasteiger charge is -2.18. The Morgan fingerprint density at radius 1 is 0.438 bits per heavy atom. The fourth-order valence-electron chi connectivity index (χ4n) is 6.38. The number of aromatic hydroxyl groups is 1. The van der Waals surface area contributed by atoms with Crippen molar-refractivity contribution in [2.24, 2.45) is 0 Å². The molecule has 48 heavy (non-hydrogen) atoms. The molecule has 0 fully saturated rings. The Hall–Kier alpha value is -6.38. The maximum absolute atomic E-state index is 10.9. The molecule has 1 N–H and O–H groups in total. The monoisotopic (exact) mass is 631 g/mol. The highest BCUT2D eigenvalue weighted by Gasteiger charge is 2.17. The van der Waals surface area contributed by atoms with Gasteiger partial charge in [-0.15, -0.1) is 0 Å². The normalized spacial score (nSPS) is 17.4. The zero-order valence-electron chi connectivity index (χ0n) is 43.5. The Bertz CT molecular complexity index is 3900. The summed E-state index contributed by atoms with van der Waals surface area (Å²) in [6.45, 7) is 0. The van der Waals surface area contributed by atoms with E-state index in [0.29, 0.717) is 16.3 Å². The molecular formula is C46H28O2.